The van der Waals surface area contributed by atoms with E-state index in [1.807, 2.05) is 20.8 Å². The van der Waals surface area contributed by atoms with E-state index in [1.54, 1.807) is 0 Å². The summed E-state index contributed by atoms with van der Waals surface area (Å²) in [6.07, 6.45) is -0.753. The molecule has 4 rings (SSSR count). The molecule has 1 unspecified atom stereocenters. The van der Waals surface area contributed by atoms with Crippen LogP contribution in [-0.2, 0) is 25.6 Å². The maximum Gasteiger partial charge on any atom is 0.255 e. The van der Waals surface area contributed by atoms with Crippen molar-refractivity contribution in [3.63, 3.8) is 0 Å². The number of phenolic OH excluding ortho intramolecular Hbond substituents is 1. The number of primary amides is 1. The lowest BCUT2D eigenvalue weighted by molar-refractivity contribution is -0.147. The van der Waals surface area contributed by atoms with Crippen molar-refractivity contribution in [3.8, 4) is 5.75 Å². The molecule has 1 aromatic rings. The molecule has 12 heteroatoms. The SMILES string of the molecule is CC(C)(C)NCC(=O)Nc1cc(F)c2c(c1O)C(O)=C1C(=O)[C@]3(O)C(O)=C(C(N)=O)C(=O)C[C@@H]3CC1C2. The maximum atomic E-state index is 15.1. The van der Waals surface area contributed by atoms with Gasteiger partial charge in [0.25, 0.3) is 5.91 Å². The maximum absolute atomic E-state index is 15.1. The number of hydrogen-bond donors (Lipinski definition) is 7. The molecule has 11 nitrogen and oxygen atoms in total. The Kier molecular flexibility index (Phi) is 6.16. The van der Waals surface area contributed by atoms with E-state index in [2.05, 4.69) is 10.6 Å². The lowest BCUT2D eigenvalue weighted by atomic mass is 9.59. The smallest absolute Gasteiger partial charge is 0.255 e. The second-order valence-corrected chi connectivity index (χ2v) is 10.7. The molecule has 0 aliphatic heterocycles. The van der Waals surface area contributed by atoms with Gasteiger partial charge in [0, 0.05) is 35.1 Å². The number of aromatic hydroxyl groups is 1. The van der Waals surface area contributed by atoms with E-state index < -0.39 is 92.6 Å². The third-order valence-electron chi connectivity index (χ3n) is 7.06. The van der Waals surface area contributed by atoms with Crippen molar-refractivity contribution >= 4 is 34.8 Å². The molecular formula is C25H28FN3O8. The highest BCUT2D eigenvalue weighted by Crippen LogP contribution is 2.53. The van der Waals surface area contributed by atoms with Crippen LogP contribution in [0.15, 0.2) is 23.0 Å². The third kappa shape index (κ3) is 4.15. The van der Waals surface area contributed by atoms with Crippen LogP contribution in [0.4, 0.5) is 10.1 Å². The van der Waals surface area contributed by atoms with Crippen LogP contribution in [0.2, 0.25) is 0 Å². The van der Waals surface area contributed by atoms with Gasteiger partial charge in [0.2, 0.25) is 11.7 Å². The summed E-state index contributed by atoms with van der Waals surface area (Å²) in [6.45, 7) is 5.34. The van der Waals surface area contributed by atoms with E-state index in [4.69, 9.17) is 5.73 Å². The van der Waals surface area contributed by atoms with Crippen molar-refractivity contribution < 1.29 is 44.0 Å². The average molecular weight is 518 g/mol. The van der Waals surface area contributed by atoms with E-state index in [-0.39, 0.29) is 30.6 Å². The number of anilines is 1. The van der Waals surface area contributed by atoms with Crippen LogP contribution < -0.4 is 16.4 Å². The predicted octanol–water partition coefficient (Wildman–Crippen LogP) is 0.890. The lowest BCUT2D eigenvalue weighted by Crippen LogP contribution is -2.58. The van der Waals surface area contributed by atoms with Gasteiger partial charge in [-0.25, -0.2) is 4.39 Å². The van der Waals surface area contributed by atoms with Crippen molar-refractivity contribution in [3.05, 3.63) is 39.9 Å². The van der Waals surface area contributed by atoms with Gasteiger partial charge in [0.05, 0.1) is 17.8 Å². The Labute approximate surface area is 210 Å². The summed E-state index contributed by atoms with van der Waals surface area (Å²) >= 11 is 0. The number of halogens is 1. The number of nitrogens with two attached hydrogens (primary N) is 1. The van der Waals surface area contributed by atoms with Crippen molar-refractivity contribution in [2.75, 3.05) is 11.9 Å². The van der Waals surface area contributed by atoms with Gasteiger partial charge < -0.3 is 36.8 Å². The first-order valence-electron chi connectivity index (χ1n) is 11.6. The van der Waals surface area contributed by atoms with Gasteiger partial charge in [-0.05, 0) is 39.5 Å². The number of fused-ring (bicyclic) bond motifs is 3. The normalized spacial score (nSPS) is 25.4. The van der Waals surface area contributed by atoms with Crippen molar-refractivity contribution in [2.45, 2.75) is 51.2 Å². The molecule has 1 saturated carbocycles. The quantitative estimate of drug-likeness (QED) is 0.224. The number of ketones is 2. The topological polar surface area (TPSA) is 199 Å². The number of hydrogen-bond acceptors (Lipinski definition) is 9. The largest absolute Gasteiger partial charge is 0.508 e. The Morgan fingerprint density at radius 3 is 2.43 bits per heavy atom. The molecule has 3 aliphatic carbocycles. The summed E-state index contributed by atoms with van der Waals surface area (Å²) in [5, 5.41) is 49.0. The Morgan fingerprint density at radius 2 is 1.84 bits per heavy atom. The monoisotopic (exact) mass is 517 g/mol. The second-order valence-electron chi connectivity index (χ2n) is 10.7. The first-order valence-corrected chi connectivity index (χ1v) is 11.6. The molecule has 0 spiro atoms. The molecule has 3 aliphatic rings. The summed E-state index contributed by atoms with van der Waals surface area (Å²) in [6, 6.07) is 0.903. The highest BCUT2D eigenvalue weighted by atomic mass is 19.1. The molecule has 3 atom stereocenters. The minimum atomic E-state index is -2.71. The van der Waals surface area contributed by atoms with Crippen LogP contribution in [0.5, 0.6) is 5.75 Å². The molecule has 1 fully saturated rings. The van der Waals surface area contributed by atoms with Crippen LogP contribution in [0.3, 0.4) is 0 Å². The molecular weight excluding hydrogens is 489 g/mol. The summed E-state index contributed by atoms with van der Waals surface area (Å²) in [5.41, 5.74) is -0.146. The van der Waals surface area contributed by atoms with Crippen molar-refractivity contribution in [1.29, 1.82) is 0 Å². The number of carbonyl (C=O) groups excluding carboxylic acids is 4. The van der Waals surface area contributed by atoms with Gasteiger partial charge in [0.1, 0.15) is 22.9 Å². The highest BCUT2D eigenvalue weighted by Gasteiger charge is 2.60. The molecule has 2 amide bonds. The first kappa shape index (κ1) is 26.3. The number of aliphatic hydroxyl groups excluding tert-OH is 2. The molecule has 198 valence electrons. The predicted molar refractivity (Wildman–Crippen MR) is 128 cm³/mol. The Balaban J connectivity index is 1.79. The number of benzene rings is 1. The zero-order valence-corrected chi connectivity index (χ0v) is 20.4. The number of phenols is 1. The summed E-state index contributed by atoms with van der Waals surface area (Å²) in [4.78, 5) is 49.9. The first-order chi connectivity index (χ1) is 17.1. The van der Waals surface area contributed by atoms with E-state index >= 15 is 4.39 Å². The van der Waals surface area contributed by atoms with Crippen LogP contribution in [0, 0.1) is 17.7 Å². The fourth-order valence-corrected chi connectivity index (χ4v) is 5.28. The number of Topliss-reactive ketones (excluding diaryl/α,β-unsaturated/α-hetero) is 2. The number of carbonyl (C=O) groups is 4. The second kappa shape index (κ2) is 8.67. The summed E-state index contributed by atoms with van der Waals surface area (Å²) in [7, 11) is 0. The van der Waals surface area contributed by atoms with Crippen molar-refractivity contribution in [1.82, 2.24) is 5.32 Å². The van der Waals surface area contributed by atoms with E-state index in [0.29, 0.717) is 0 Å². The Hall–Kier alpha value is -3.77. The van der Waals surface area contributed by atoms with Crippen LogP contribution in [-0.4, -0.2) is 61.5 Å². The van der Waals surface area contributed by atoms with E-state index in [1.165, 1.54) is 0 Å². The van der Waals surface area contributed by atoms with Crippen LogP contribution >= 0.6 is 0 Å². The molecule has 0 saturated heterocycles. The standard InChI is InChI=1S/C25H28FN3O8/c1-24(2,3)28-8-15(31)29-13-7-12(26)11-5-9-4-10-6-14(30)18(23(27)36)22(35)25(10,37)21(34)16(9)20(33)17(11)19(13)32/h7,9-10,28,32-33,35,37H,4-6,8H2,1-3H3,(H2,27,36)(H,29,31)/t9?,10-,25-/m0/s1. The highest BCUT2D eigenvalue weighted by molar-refractivity contribution is 6.22. The summed E-state index contributed by atoms with van der Waals surface area (Å²) in [5.74, 6) is -9.54. The number of amides is 2. The zero-order valence-electron chi connectivity index (χ0n) is 20.4. The molecule has 1 aromatic carbocycles. The van der Waals surface area contributed by atoms with Crippen LogP contribution in [0.25, 0.3) is 5.76 Å². The fourth-order valence-electron chi connectivity index (χ4n) is 5.28. The van der Waals surface area contributed by atoms with Gasteiger partial charge in [-0.1, -0.05) is 0 Å². The molecule has 0 aromatic heterocycles. The number of nitrogens with one attached hydrogen (secondary N) is 2. The van der Waals surface area contributed by atoms with Crippen LogP contribution in [0.1, 0.15) is 44.7 Å². The summed E-state index contributed by atoms with van der Waals surface area (Å²) < 4.78 is 15.1. The number of rotatable bonds is 4. The van der Waals surface area contributed by atoms with Gasteiger partial charge in [-0.2, -0.15) is 0 Å². The third-order valence-corrected chi connectivity index (χ3v) is 7.06. The zero-order chi connectivity index (χ0) is 27.6. The molecule has 8 N–H and O–H groups in total. The Bertz CT molecular complexity index is 1330. The number of aliphatic hydroxyl groups is 3. The van der Waals surface area contributed by atoms with Gasteiger partial charge in [0.15, 0.2) is 17.1 Å². The molecule has 37 heavy (non-hydrogen) atoms. The van der Waals surface area contributed by atoms with E-state index in [9.17, 15) is 39.6 Å². The molecule has 0 heterocycles. The van der Waals surface area contributed by atoms with E-state index in [0.717, 1.165) is 6.07 Å². The van der Waals surface area contributed by atoms with Gasteiger partial charge in [-0.15, -0.1) is 0 Å². The average Bonchev–Trinajstić information content (AvgIpc) is 2.77. The lowest BCUT2D eigenvalue weighted by Gasteiger charge is -2.46. The molecule has 0 bridgehead atoms. The minimum absolute atomic E-state index is 0.111. The molecule has 0 radical (unpaired) electrons. The minimum Gasteiger partial charge on any atom is -0.508 e. The fraction of sp³-hybridized carbons (Fsp3) is 0.440. The Morgan fingerprint density at radius 1 is 1.19 bits per heavy atom. The van der Waals surface area contributed by atoms with Gasteiger partial charge in [-0.3, -0.25) is 19.2 Å². The van der Waals surface area contributed by atoms with Gasteiger partial charge >= 0.3 is 0 Å². The van der Waals surface area contributed by atoms with Crippen molar-refractivity contribution in [2.24, 2.45) is 17.6 Å².